The van der Waals surface area contributed by atoms with Crippen molar-refractivity contribution in [2.75, 3.05) is 0 Å². The zero-order valence-corrected chi connectivity index (χ0v) is 14.3. The molecule has 122 valence electrons. The predicted molar refractivity (Wildman–Crippen MR) is 84.5 cm³/mol. The van der Waals surface area contributed by atoms with Crippen LogP contribution in [0.1, 0.15) is 58.9 Å². The molecular formula is C14H28N4O2S. The number of sulfonamides is 1. The summed E-state index contributed by atoms with van der Waals surface area (Å²) in [4.78, 5) is 0. The van der Waals surface area contributed by atoms with Crippen LogP contribution in [0, 0.1) is 0 Å². The van der Waals surface area contributed by atoms with E-state index < -0.39 is 10.0 Å². The average molecular weight is 316 g/mol. The molecule has 0 saturated heterocycles. The lowest BCUT2D eigenvalue weighted by Crippen LogP contribution is -2.34. The third-order valence-electron chi connectivity index (χ3n) is 3.24. The Kier molecular flexibility index (Phi) is 7.34. The molecular weight excluding hydrogens is 288 g/mol. The van der Waals surface area contributed by atoms with Gasteiger partial charge < -0.3 is 5.32 Å². The van der Waals surface area contributed by atoms with Crippen LogP contribution in [0.5, 0.6) is 0 Å². The summed E-state index contributed by atoms with van der Waals surface area (Å²) in [5.74, 6) is 0. The van der Waals surface area contributed by atoms with Crippen LogP contribution < -0.4 is 10.0 Å². The van der Waals surface area contributed by atoms with E-state index in [1.54, 1.807) is 6.20 Å². The molecule has 0 bridgehead atoms. The lowest BCUT2D eigenvalue weighted by atomic mass is 10.1. The smallest absolute Gasteiger partial charge is 0.258 e. The van der Waals surface area contributed by atoms with Crippen LogP contribution >= 0.6 is 0 Å². The van der Waals surface area contributed by atoms with Gasteiger partial charge in [-0.1, -0.05) is 40.0 Å². The largest absolute Gasteiger partial charge is 0.310 e. The number of unbranched alkanes of at least 4 members (excludes halogenated alkanes) is 2. The summed E-state index contributed by atoms with van der Waals surface area (Å²) in [6.07, 6.45) is 5.70. The number of aromatic amines is 1. The second-order valence-corrected chi connectivity index (χ2v) is 7.43. The van der Waals surface area contributed by atoms with Crippen molar-refractivity contribution in [2.45, 2.75) is 77.0 Å². The van der Waals surface area contributed by atoms with Gasteiger partial charge in [0, 0.05) is 24.2 Å². The molecule has 21 heavy (non-hydrogen) atoms. The Hall–Kier alpha value is -0.920. The maximum atomic E-state index is 12.4. The number of rotatable bonds is 10. The molecule has 0 spiro atoms. The van der Waals surface area contributed by atoms with Crippen LogP contribution in [-0.4, -0.2) is 30.7 Å². The topological polar surface area (TPSA) is 86.9 Å². The summed E-state index contributed by atoms with van der Waals surface area (Å²) in [5, 5.41) is 9.84. The first-order valence-corrected chi connectivity index (χ1v) is 9.13. The maximum Gasteiger partial charge on any atom is 0.258 e. The second kappa shape index (κ2) is 8.51. The third-order valence-corrected chi connectivity index (χ3v) is 4.85. The highest BCUT2D eigenvalue weighted by Crippen LogP contribution is 2.13. The van der Waals surface area contributed by atoms with Gasteiger partial charge in [0.1, 0.15) is 0 Å². The van der Waals surface area contributed by atoms with E-state index in [4.69, 9.17) is 0 Å². The van der Waals surface area contributed by atoms with Crippen molar-refractivity contribution in [3.05, 3.63) is 11.8 Å². The van der Waals surface area contributed by atoms with E-state index in [0.29, 0.717) is 12.1 Å². The number of nitrogens with one attached hydrogen (secondary N) is 3. The first-order chi connectivity index (χ1) is 9.86. The number of H-pyrrole nitrogens is 1. The van der Waals surface area contributed by atoms with Gasteiger partial charge in [-0.3, -0.25) is 5.10 Å². The fraction of sp³-hybridized carbons (Fsp3) is 0.786. The standard InChI is InChI=1S/C14H28N4O2S/c1-5-6-7-8-12(4)18-21(19,20)14-13(10-16-17-14)9-15-11(2)3/h10-12,15,18H,5-9H2,1-4H3,(H,16,17). The van der Waals surface area contributed by atoms with E-state index in [0.717, 1.165) is 25.7 Å². The monoisotopic (exact) mass is 316 g/mol. The van der Waals surface area contributed by atoms with Crippen molar-refractivity contribution in [1.82, 2.24) is 20.2 Å². The first-order valence-electron chi connectivity index (χ1n) is 7.64. The molecule has 0 saturated carbocycles. The summed E-state index contributed by atoms with van der Waals surface area (Å²) in [5.41, 5.74) is 0.664. The summed E-state index contributed by atoms with van der Waals surface area (Å²) in [6.45, 7) is 8.54. The number of nitrogens with zero attached hydrogens (tertiary/aromatic N) is 1. The zero-order chi connectivity index (χ0) is 15.9. The Morgan fingerprint density at radius 3 is 2.62 bits per heavy atom. The quantitative estimate of drug-likeness (QED) is 0.577. The summed E-state index contributed by atoms with van der Waals surface area (Å²) < 4.78 is 27.5. The molecule has 1 unspecified atom stereocenters. The fourth-order valence-corrected chi connectivity index (χ4v) is 3.46. The molecule has 0 radical (unpaired) electrons. The molecule has 1 atom stereocenters. The molecule has 1 rings (SSSR count). The van der Waals surface area contributed by atoms with Crippen LogP contribution in [0.2, 0.25) is 0 Å². The van der Waals surface area contributed by atoms with Gasteiger partial charge in [-0.2, -0.15) is 5.10 Å². The van der Waals surface area contributed by atoms with Crippen LogP contribution in [0.15, 0.2) is 11.2 Å². The molecule has 1 heterocycles. The summed E-state index contributed by atoms with van der Waals surface area (Å²) in [7, 11) is -3.54. The van der Waals surface area contributed by atoms with Gasteiger partial charge in [0.05, 0.1) is 6.20 Å². The molecule has 0 aliphatic rings. The van der Waals surface area contributed by atoms with Crippen molar-refractivity contribution < 1.29 is 8.42 Å². The van der Waals surface area contributed by atoms with Gasteiger partial charge in [0.2, 0.25) is 0 Å². The van der Waals surface area contributed by atoms with E-state index >= 15 is 0 Å². The number of aromatic nitrogens is 2. The van der Waals surface area contributed by atoms with Gasteiger partial charge >= 0.3 is 0 Å². The molecule has 0 aliphatic heterocycles. The lowest BCUT2D eigenvalue weighted by molar-refractivity contribution is 0.522. The molecule has 0 fully saturated rings. The Morgan fingerprint density at radius 1 is 1.29 bits per heavy atom. The van der Waals surface area contributed by atoms with Crippen LogP contribution in [0.4, 0.5) is 0 Å². The van der Waals surface area contributed by atoms with Crippen LogP contribution in [0.25, 0.3) is 0 Å². The van der Waals surface area contributed by atoms with Gasteiger partial charge in [0.15, 0.2) is 5.03 Å². The average Bonchev–Trinajstić information content (AvgIpc) is 2.85. The van der Waals surface area contributed by atoms with Gasteiger partial charge in [-0.25, -0.2) is 13.1 Å². The first kappa shape index (κ1) is 18.1. The summed E-state index contributed by atoms with van der Waals surface area (Å²) in [6, 6.07) is 0.215. The molecule has 1 aromatic rings. The second-order valence-electron chi connectivity index (χ2n) is 5.78. The van der Waals surface area contributed by atoms with Gasteiger partial charge in [-0.15, -0.1) is 0 Å². The highest BCUT2D eigenvalue weighted by atomic mass is 32.2. The van der Waals surface area contributed by atoms with E-state index in [9.17, 15) is 8.42 Å². The van der Waals surface area contributed by atoms with Crippen LogP contribution in [-0.2, 0) is 16.6 Å². The minimum Gasteiger partial charge on any atom is -0.310 e. The molecule has 0 aromatic carbocycles. The fourth-order valence-electron chi connectivity index (χ4n) is 2.06. The van der Waals surface area contributed by atoms with Crippen molar-refractivity contribution in [3.63, 3.8) is 0 Å². The highest BCUT2D eigenvalue weighted by Gasteiger charge is 2.22. The lowest BCUT2D eigenvalue weighted by Gasteiger charge is -2.14. The minimum atomic E-state index is -3.54. The number of hydrogen-bond acceptors (Lipinski definition) is 4. The maximum absolute atomic E-state index is 12.4. The van der Waals surface area contributed by atoms with Gasteiger partial charge in [-0.05, 0) is 13.3 Å². The Morgan fingerprint density at radius 2 is 2.00 bits per heavy atom. The van der Waals surface area contributed by atoms with E-state index in [1.165, 1.54) is 0 Å². The number of hydrogen-bond donors (Lipinski definition) is 3. The van der Waals surface area contributed by atoms with E-state index in [-0.39, 0.29) is 17.1 Å². The normalized spacial score (nSPS) is 13.8. The van der Waals surface area contributed by atoms with Crippen molar-refractivity contribution in [1.29, 1.82) is 0 Å². The van der Waals surface area contributed by atoms with E-state index in [2.05, 4.69) is 27.2 Å². The molecule has 7 heteroatoms. The van der Waals surface area contributed by atoms with Crippen molar-refractivity contribution in [2.24, 2.45) is 0 Å². The zero-order valence-electron chi connectivity index (χ0n) is 13.4. The Labute approximate surface area is 128 Å². The van der Waals surface area contributed by atoms with Gasteiger partial charge in [0.25, 0.3) is 10.0 Å². The molecule has 6 nitrogen and oxygen atoms in total. The Balaban J connectivity index is 2.67. The van der Waals surface area contributed by atoms with E-state index in [1.807, 2.05) is 20.8 Å². The minimum absolute atomic E-state index is 0.0734. The Bertz CT molecular complexity index is 511. The molecule has 3 N–H and O–H groups in total. The predicted octanol–water partition coefficient (Wildman–Crippen LogP) is 2.15. The SMILES string of the molecule is CCCCCC(C)NS(=O)(=O)c1[nH]ncc1CNC(C)C. The summed E-state index contributed by atoms with van der Waals surface area (Å²) >= 11 is 0. The highest BCUT2D eigenvalue weighted by molar-refractivity contribution is 7.89. The van der Waals surface area contributed by atoms with Crippen LogP contribution in [0.3, 0.4) is 0 Å². The third kappa shape index (κ3) is 6.15. The molecule has 1 aromatic heterocycles. The van der Waals surface area contributed by atoms with Crippen molar-refractivity contribution >= 4 is 10.0 Å². The molecule has 0 aliphatic carbocycles. The van der Waals surface area contributed by atoms with Crippen molar-refractivity contribution in [3.8, 4) is 0 Å². The molecule has 0 amide bonds.